The van der Waals surface area contributed by atoms with E-state index in [1.165, 1.54) is 5.39 Å². The molecule has 0 fully saturated rings. The van der Waals surface area contributed by atoms with Crippen LogP contribution in [0.2, 0.25) is 0 Å². The van der Waals surface area contributed by atoms with E-state index in [-0.39, 0.29) is 23.5 Å². The van der Waals surface area contributed by atoms with E-state index in [1.807, 2.05) is 72.8 Å². The molecular formula is C41H25N3O. The molecule has 210 valence electrons. The zero-order valence-electron chi connectivity index (χ0n) is 28.8. The van der Waals surface area contributed by atoms with Gasteiger partial charge in [-0.3, -0.25) is 0 Å². The molecule has 0 spiro atoms. The van der Waals surface area contributed by atoms with Gasteiger partial charge in [-0.25, -0.2) is 15.0 Å². The second kappa shape index (κ2) is 10.2. The fourth-order valence-electron chi connectivity index (χ4n) is 5.89. The lowest BCUT2D eigenvalue weighted by Gasteiger charge is -2.09. The van der Waals surface area contributed by atoms with Crippen molar-refractivity contribution in [3.8, 4) is 45.3 Å². The Morgan fingerprint density at radius 1 is 0.400 bits per heavy atom. The van der Waals surface area contributed by atoms with Crippen LogP contribution in [0.1, 0.15) is 6.85 Å². The lowest BCUT2D eigenvalue weighted by molar-refractivity contribution is 0.669. The summed E-state index contributed by atoms with van der Waals surface area (Å²) in [5.74, 6) is 0.598. The monoisotopic (exact) mass is 580 g/mol. The Balaban J connectivity index is 1.22. The molecule has 0 saturated carbocycles. The van der Waals surface area contributed by atoms with Crippen LogP contribution in [0.15, 0.2) is 156 Å². The largest absolute Gasteiger partial charge is 0.456 e. The van der Waals surface area contributed by atoms with Gasteiger partial charge < -0.3 is 4.42 Å². The molecule has 0 amide bonds. The third kappa shape index (κ3) is 4.52. The Bertz CT molecular complexity index is 2800. The van der Waals surface area contributed by atoms with Crippen molar-refractivity contribution >= 4 is 43.5 Å². The number of fused-ring (bicyclic) bond motifs is 5. The third-order valence-corrected chi connectivity index (χ3v) is 8.18. The molecule has 45 heavy (non-hydrogen) atoms. The van der Waals surface area contributed by atoms with Gasteiger partial charge in [0.05, 0.1) is 6.85 Å². The minimum atomic E-state index is -0.479. The van der Waals surface area contributed by atoms with Crippen molar-refractivity contribution in [1.82, 2.24) is 15.0 Å². The van der Waals surface area contributed by atoms with E-state index in [4.69, 9.17) is 26.2 Å². The topological polar surface area (TPSA) is 51.8 Å². The smallest absolute Gasteiger partial charge is 0.164 e. The van der Waals surface area contributed by atoms with Crippen molar-refractivity contribution in [2.24, 2.45) is 0 Å². The first-order valence-corrected chi connectivity index (χ1v) is 14.6. The minimum absolute atomic E-state index is 0.0104. The number of furan rings is 1. The van der Waals surface area contributed by atoms with E-state index in [0.29, 0.717) is 28.4 Å². The van der Waals surface area contributed by atoms with E-state index in [0.717, 1.165) is 43.6 Å². The average molecular weight is 581 g/mol. The van der Waals surface area contributed by atoms with Gasteiger partial charge in [0, 0.05) is 27.5 Å². The number of nitrogens with zero attached hydrogens (tertiary/aromatic N) is 3. The molecule has 0 bridgehead atoms. The van der Waals surface area contributed by atoms with E-state index >= 15 is 0 Å². The highest BCUT2D eigenvalue weighted by Gasteiger charge is 2.15. The fourth-order valence-corrected chi connectivity index (χ4v) is 5.89. The highest BCUT2D eigenvalue weighted by atomic mass is 16.3. The Kier molecular flexibility index (Phi) is 4.72. The van der Waals surface area contributed by atoms with Crippen molar-refractivity contribution in [2.75, 3.05) is 0 Å². The van der Waals surface area contributed by atoms with Crippen LogP contribution in [0, 0.1) is 0 Å². The molecule has 2 aromatic heterocycles. The van der Waals surface area contributed by atoms with Crippen LogP contribution in [0.25, 0.3) is 88.8 Å². The van der Waals surface area contributed by atoms with Crippen LogP contribution in [0.5, 0.6) is 0 Å². The van der Waals surface area contributed by atoms with E-state index in [2.05, 4.69) is 48.5 Å². The second-order valence-electron chi connectivity index (χ2n) is 11.0. The summed E-state index contributed by atoms with van der Waals surface area (Å²) in [6.07, 6.45) is 0. The highest BCUT2D eigenvalue weighted by Crippen LogP contribution is 2.35. The zero-order chi connectivity index (χ0) is 34.1. The fraction of sp³-hybridized carbons (Fsp3) is 0. The summed E-state index contributed by atoms with van der Waals surface area (Å²) >= 11 is 0. The minimum Gasteiger partial charge on any atom is -0.456 e. The predicted molar refractivity (Wildman–Crippen MR) is 184 cm³/mol. The molecule has 9 aromatic rings. The van der Waals surface area contributed by atoms with Crippen molar-refractivity contribution < 1.29 is 11.3 Å². The Labute approximate surface area is 266 Å². The lowest BCUT2D eigenvalue weighted by atomic mass is 10.00. The maximum atomic E-state index is 8.66. The van der Waals surface area contributed by atoms with Crippen molar-refractivity contribution in [2.45, 2.75) is 0 Å². The summed E-state index contributed by atoms with van der Waals surface area (Å²) < 4.78 is 48.2. The average Bonchev–Trinajstić information content (AvgIpc) is 3.51. The van der Waals surface area contributed by atoms with Gasteiger partial charge in [0.25, 0.3) is 0 Å². The number of aromatic nitrogens is 3. The van der Waals surface area contributed by atoms with E-state index < -0.39 is 18.1 Å². The predicted octanol–water partition coefficient (Wildman–Crippen LogP) is 10.7. The molecule has 2 heterocycles. The van der Waals surface area contributed by atoms with Crippen molar-refractivity contribution in [1.29, 1.82) is 0 Å². The van der Waals surface area contributed by atoms with Crippen LogP contribution in [-0.4, -0.2) is 15.0 Å². The summed E-state index contributed by atoms with van der Waals surface area (Å²) in [6, 6.07) is 38.2. The molecule has 0 radical (unpaired) electrons. The van der Waals surface area contributed by atoms with Crippen LogP contribution in [0.3, 0.4) is 0 Å². The molecule has 0 N–H and O–H groups in total. The van der Waals surface area contributed by atoms with Gasteiger partial charge in [0.15, 0.2) is 17.5 Å². The number of hydrogen-bond donors (Lipinski definition) is 0. The molecule has 0 aliphatic rings. The maximum Gasteiger partial charge on any atom is 0.164 e. The first-order valence-electron chi connectivity index (χ1n) is 17.1. The SMILES string of the molecule is [2H]c1c([2H])c([2H])c(-c2nc(-c3ccc(-c4ccc5ccccc5c4)cc3)nc(-c3ccc4oc5cc6ccccc6cc5c4c3)n2)c([2H])c1[2H]. The van der Waals surface area contributed by atoms with Gasteiger partial charge in [-0.2, -0.15) is 0 Å². The van der Waals surface area contributed by atoms with Crippen LogP contribution in [-0.2, 0) is 0 Å². The van der Waals surface area contributed by atoms with E-state index in [9.17, 15) is 0 Å². The molecule has 0 unspecified atom stereocenters. The van der Waals surface area contributed by atoms with Gasteiger partial charge in [0.2, 0.25) is 0 Å². The molecule has 9 rings (SSSR count). The molecule has 0 saturated heterocycles. The maximum absolute atomic E-state index is 8.66. The molecule has 0 aliphatic heterocycles. The molecule has 0 aliphatic carbocycles. The first kappa shape index (κ1) is 20.7. The third-order valence-electron chi connectivity index (χ3n) is 8.18. The summed E-state index contributed by atoms with van der Waals surface area (Å²) in [5.41, 5.74) is 4.83. The molecule has 0 atom stereocenters. The number of rotatable bonds is 4. The normalized spacial score (nSPS) is 13.1. The molecule has 4 nitrogen and oxygen atoms in total. The Morgan fingerprint density at radius 2 is 0.956 bits per heavy atom. The standard InChI is InChI=1S/C41H25N3O/c1-2-9-28(10-3-1)39-42-40(29-17-14-27(15-18-29)33-19-16-26-8-4-5-11-30(26)22-33)44-41(43-39)34-20-21-37-35(24-34)36-23-31-12-6-7-13-32(31)25-38(36)45-37/h1-25H/i1D,2D,3D,9D,10D. The lowest BCUT2D eigenvalue weighted by Crippen LogP contribution is -2.00. The van der Waals surface area contributed by atoms with Gasteiger partial charge >= 0.3 is 0 Å². The first-order chi connectivity index (χ1) is 24.3. The Hall–Kier alpha value is -6.13. The highest BCUT2D eigenvalue weighted by molar-refractivity contribution is 6.10. The molecule has 4 heteroatoms. The number of benzene rings is 7. The quantitative estimate of drug-likeness (QED) is 0.208. The van der Waals surface area contributed by atoms with Crippen LogP contribution < -0.4 is 0 Å². The second-order valence-corrected chi connectivity index (χ2v) is 11.0. The van der Waals surface area contributed by atoms with Gasteiger partial charge in [0.1, 0.15) is 11.2 Å². The van der Waals surface area contributed by atoms with Crippen LogP contribution in [0.4, 0.5) is 0 Å². The number of hydrogen-bond acceptors (Lipinski definition) is 4. The van der Waals surface area contributed by atoms with Gasteiger partial charge in [-0.05, 0) is 69.1 Å². The van der Waals surface area contributed by atoms with Crippen LogP contribution >= 0.6 is 0 Å². The summed E-state index contributed by atoms with van der Waals surface area (Å²) in [4.78, 5) is 14.3. The molecule has 7 aromatic carbocycles. The zero-order valence-corrected chi connectivity index (χ0v) is 23.8. The summed E-state index contributed by atoms with van der Waals surface area (Å²) in [5, 5.41) is 6.32. The Morgan fingerprint density at radius 3 is 1.71 bits per heavy atom. The van der Waals surface area contributed by atoms with E-state index in [1.54, 1.807) is 0 Å². The van der Waals surface area contributed by atoms with Gasteiger partial charge in [-0.1, -0.05) is 115 Å². The van der Waals surface area contributed by atoms with Crippen molar-refractivity contribution in [3.05, 3.63) is 152 Å². The summed E-state index contributed by atoms with van der Waals surface area (Å²) in [7, 11) is 0. The van der Waals surface area contributed by atoms with Gasteiger partial charge in [-0.15, -0.1) is 0 Å². The van der Waals surface area contributed by atoms with Crippen molar-refractivity contribution in [3.63, 3.8) is 0 Å². The summed E-state index contributed by atoms with van der Waals surface area (Å²) in [6.45, 7) is 0. The molecular weight excluding hydrogens is 550 g/mol.